The van der Waals surface area contributed by atoms with Crippen molar-refractivity contribution in [2.24, 2.45) is 0 Å². The van der Waals surface area contributed by atoms with Gasteiger partial charge in [-0.25, -0.2) is 14.9 Å². The van der Waals surface area contributed by atoms with E-state index in [0.717, 1.165) is 4.90 Å². The summed E-state index contributed by atoms with van der Waals surface area (Å²) in [5, 5.41) is 24.3. The Morgan fingerprint density at radius 1 is 1.23 bits per heavy atom. The van der Waals surface area contributed by atoms with Gasteiger partial charge < -0.3 is 39.6 Å². The highest BCUT2D eigenvalue weighted by Crippen LogP contribution is 2.57. The van der Waals surface area contributed by atoms with Gasteiger partial charge in [-0.1, -0.05) is 11.4 Å². The number of aliphatic hydroxyl groups excluding tert-OH is 2. The first-order chi connectivity index (χ1) is 20.2. The Hall–Kier alpha value is -3.06. The van der Waals surface area contributed by atoms with E-state index >= 15 is 0 Å². The topological polar surface area (TPSA) is 234 Å². The van der Waals surface area contributed by atoms with Crippen LogP contribution in [-0.2, 0) is 28.2 Å². The predicted octanol–water partition coefficient (Wildman–Crippen LogP) is -0.284. The third-order valence-electron chi connectivity index (χ3n) is 6.75. The van der Waals surface area contributed by atoms with Crippen molar-refractivity contribution in [2.45, 2.75) is 63.5 Å². The number of hydrogen-bond donors (Lipinski definition) is 4. The van der Waals surface area contributed by atoms with E-state index in [-0.39, 0.29) is 28.7 Å². The van der Waals surface area contributed by atoms with Gasteiger partial charge in [0.15, 0.2) is 17.4 Å². The van der Waals surface area contributed by atoms with E-state index in [2.05, 4.69) is 20.0 Å². The van der Waals surface area contributed by atoms with E-state index in [0.29, 0.717) is 11.4 Å². The van der Waals surface area contributed by atoms with E-state index in [1.54, 1.807) is 13.8 Å². The Morgan fingerprint density at radius 3 is 2.53 bits per heavy atom. The van der Waals surface area contributed by atoms with E-state index in [9.17, 15) is 29.2 Å². The van der Waals surface area contributed by atoms with Crippen LogP contribution in [-0.4, -0.2) is 128 Å². The minimum Gasteiger partial charge on any atom is -0.479 e. The van der Waals surface area contributed by atoms with Crippen LogP contribution in [0.2, 0.25) is 0 Å². The van der Waals surface area contributed by atoms with Crippen LogP contribution in [0.4, 0.5) is 10.7 Å². The highest BCUT2D eigenvalue weighted by Gasteiger charge is 2.47. The second kappa shape index (κ2) is 12.9. The predicted molar refractivity (Wildman–Crippen MR) is 152 cm³/mol. The summed E-state index contributed by atoms with van der Waals surface area (Å²) in [5.41, 5.74) is 6.18. The number of carbonyl (C=O) groups excluding carboxylic acids is 3. The minimum atomic E-state index is -4.04. The van der Waals surface area contributed by atoms with Crippen molar-refractivity contribution in [2.75, 3.05) is 39.3 Å². The molecule has 0 aliphatic carbocycles. The Labute approximate surface area is 250 Å². The Balaban J connectivity index is 1.51. The maximum Gasteiger partial charge on any atom is 0.327 e. The summed E-state index contributed by atoms with van der Waals surface area (Å²) in [4.78, 5) is 51.7. The number of ether oxygens (including phenoxy) is 3. The third-order valence-corrected chi connectivity index (χ3v) is 10.8. The highest BCUT2D eigenvalue weighted by molar-refractivity contribution is 8.56. The molecular weight excluding hydrogens is 611 g/mol. The normalized spacial score (nSPS) is 26.4. The molecule has 2 aliphatic heterocycles. The molecule has 0 radical (unpaired) electrons. The summed E-state index contributed by atoms with van der Waals surface area (Å²) in [6, 6.07) is -2.54. The molecule has 5 N–H and O–H groups in total. The number of nitrogens with zero attached hydrogens (tertiary/aromatic N) is 6. The van der Waals surface area contributed by atoms with Crippen molar-refractivity contribution in [3.05, 3.63) is 6.33 Å². The van der Waals surface area contributed by atoms with Crippen LogP contribution in [0, 0.1) is 0 Å². The molecule has 2 fully saturated rings. The molecule has 2 aromatic heterocycles. The van der Waals surface area contributed by atoms with Crippen LogP contribution >= 0.6 is 18.1 Å². The van der Waals surface area contributed by atoms with Gasteiger partial charge in [-0.05, 0) is 20.8 Å². The highest BCUT2D eigenvalue weighted by atomic mass is 32.7. The number of nitrogens with two attached hydrogens (primary N) is 1. The van der Waals surface area contributed by atoms with Crippen LogP contribution in [0.15, 0.2) is 6.33 Å². The number of rotatable bonds is 12. The second-order valence-corrected chi connectivity index (χ2v) is 14.5. The van der Waals surface area contributed by atoms with Crippen molar-refractivity contribution in [3.63, 3.8) is 0 Å². The largest absolute Gasteiger partial charge is 0.479 e. The molecule has 20 heteroatoms. The molecule has 0 spiro atoms. The fraction of sp³-hybridized carbons (Fsp3) is 0.652. The first kappa shape index (κ1) is 32.8. The summed E-state index contributed by atoms with van der Waals surface area (Å²) < 4.78 is 37.4. The van der Waals surface area contributed by atoms with Crippen LogP contribution in [0.1, 0.15) is 27.0 Å². The van der Waals surface area contributed by atoms with Gasteiger partial charge in [-0.15, -0.1) is 0 Å². The molecule has 2 aromatic rings. The van der Waals surface area contributed by atoms with Gasteiger partial charge in [0.2, 0.25) is 11.8 Å². The molecule has 0 bridgehead atoms. The van der Waals surface area contributed by atoms with Crippen molar-refractivity contribution >= 4 is 53.1 Å². The Morgan fingerprint density at radius 2 is 1.93 bits per heavy atom. The molecule has 0 saturated carbocycles. The lowest BCUT2D eigenvalue weighted by Crippen LogP contribution is -2.37. The van der Waals surface area contributed by atoms with Crippen LogP contribution in [0.3, 0.4) is 0 Å². The van der Waals surface area contributed by atoms with E-state index in [4.69, 9.17) is 24.5 Å². The maximum absolute atomic E-state index is 14.0. The molecule has 3 amide bonds. The molecule has 4 heterocycles. The number of imide groups is 1. The van der Waals surface area contributed by atoms with Crippen molar-refractivity contribution in [1.82, 2.24) is 34.4 Å². The summed E-state index contributed by atoms with van der Waals surface area (Å²) in [6.07, 6.45) is -4.51. The standard InChI is InChI=1S/C23H35N8O10PS/c1-10(2)40-21(35)11(3)28-42(37,43-8-12-19(34)30(5)23(36)29(12)4)39-7-13-15(32)16(33)20(41-13)31-9-25-14-17(31)26-22(24)27-18(14)38-6/h9-13,15-16,20,32-33H,7-8H2,1-6H3,(H,28,37)(H2,24,26,27)/t11-,12-,13-,15-,16-,20-,42-/m1/s1. The molecule has 0 unspecified atom stereocenters. The van der Waals surface area contributed by atoms with E-state index in [1.165, 1.54) is 43.9 Å². The fourth-order valence-corrected chi connectivity index (χ4v) is 8.41. The van der Waals surface area contributed by atoms with Crippen molar-refractivity contribution in [1.29, 1.82) is 0 Å². The average molecular weight is 647 g/mol. The maximum atomic E-state index is 14.0. The van der Waals surface area contributed by atoms with Gasteiger partial charge in [0.1, 0.15) is 30.4 Å². The molecule has 7 atom stereocenters. The zero-order chi connectivity index (χ0) is 31.8. The van der Waals surface area contributed by atoms with Gasteiger partial charge >= 0.3 is 18.7 Å². The summed E-state index contributed by atoms with van der Waals surface area (Å²) in [7, 11) is 4.16. The van der Waals surface area contributed by atoms with Gasteiger partial charge in [0.05, 0.1) is 26.1 Å². The van der Waals surface area contributed by atoms with E-state index < -0.39 is 74.0 Å². The molecule has 2 saturated heterocycles. The molecule has 4 rings (SSSR count). The van der Waals surface area contributed by atoms with Gasteiger partial charge in [0, 0.05) is 19.8 Å². The van der Waals surface area contributed by atoms with Gasteiger partial charge in [0.25, 0.3) is 5.91 Å². The SMILES string of the molecule is COc1nc(N)nc2c1ncn2[C@@H]1O[C@H](CO[P@](=O)(N[C@H](C)C(=O)OC(C)C)SC[C@@H]2C(=O)N(C)C(=O)N2C)[C@@H](O)[C@H]1O. The third kappa shape index (κ3) is 6.72. The first-order valence-electron chi connectivity index (χ1n) is 13.1. The molecule has 43 heavy (non-hydrogen) atoms. The number of fused-ring (bicyclic) bond motifs is 1. The number of aromatic nitrogens is 4. The number of aliphatic hydroxyl groups is 2. The number of likely N-dealkylation sites (N-methyl/N-ethyl adjacent to an activating group) is 2. The number of imidazole rings is 1. The first-order valence-corrected chi connectivity index (χ1v) is 16.4. The number of hydrogen-bond acceptors (Lipinski definition) is 15. The van der Waals surface area contributed by atoms with Crippen LogP contribution in [0.25, 0.3) is 11.2 Å². The zero-order valence-electron chi connectivity index (χ0n) is 24.3. The Bertz CT molecular complexity index is 1430. The monoisotopic (exact) mass is 646 g/mol. The fourth-order valence-electron chi connectivity index (χ4n) is 4.44. The second-order valence-electron chi connectivity index (χ2n) is 10.2. The van der Waals surface area contributed by atoms with Gasteiger partial charge in [-0.2, -0.15) is 9.97 Å². The van der Waals surface area contributed by atoms with Crippen LogP contribution in [0.5, 0.6) is 5.88 Å². The average Bonchev–Trinajstić information content (AvgIpc) is 3.55. The lowest BCUT2D eigenvalue weighted by molar-refractivity contribution is -0.149. The van der Waals surface area contributed by atoms with E-state index in [1.807, 2.05) is 0 Å². The molecular formula is C23H35N8O10PS. The smallest absolute Gasteiger partial charge is 0.327 e. The molecule has 238 valence electrons. The number of amides is 3. The number of nitrogen functional groups attached to an aromatic ring is 1. The lowest BCUT2D eigenvalue weighted by atomic mass is 10.1. The molecule has 18 nitrogen and oxygen atoms in total. The van der Waals surface area contributed by atoms with Crippen molar-refractivity contribution in [3.8, 4) is 5.88 Å². The van der Waals surface area contributed by atoms with Gasteiger partial charge in [-0.3, -0.25) is 23.6 Å². The number of nitrogens with one attached hydrogen (secondary N) is 1. The zero-order valence-corrected chi connectivity index (χ0v) is 26.0. The number of methoxy groups -OCH3 is 1. The number of urea groups is 1. The number of anilines is 1. The summed E-state index contributed by atoms with van der Waals surface area (Å²) in [5.74, 6) is -1.34. The number of esters is 1. The molecule has 0 aromatic carbocycles. The lowest BCUT2D eigenvalue weighted by Gasteiger charge is -2.26. The quantitative estimate of drug-likeness (QED) is 0.132. The van der Waals surface area contributed by atoms with Crippen LogP contribution < -0.4 is 15.6 Å². The summed E-state index contributed by atoms with van der Waals surface area (Å²) >= 11 is 0.702. The summed E-state index contributed by atoms with van der Waals surface area (Å²) in [6.45, 7) is 0.201. The minimum absolute atomic E-state index is 0.0996. The number of carbonyl (C=O) groups is 3. The molecule has 2 aliphatic rings. The Kier molecular flexibility index (Phi) is 9.85. The van der Waals surface area contributed by atoms with Crippen molar-refractivity contribution < 1.29 is 47.9 Å².